The van der Waals surface area contributed by atoms with Crippen molar-refractivity contribution in [3.05, 3.63) is 52.3 Å². The minimum atomic E-state index is 0. The van der Waals surface area contributed by atoms with Crippen LogP contribution >= 0.6 is 35.6 Å². The van der Waals surface area contributed by atoms with Gasteiger partial charge in [-0.1, -0.05) is 23.7 Å². The highest BCUT2D eigenvalue weighted by atomic mass is 127. The average molecular weight is 462 g/mol. The zero-order valence-corrected chi connectivity index (χ0v) is 17.4. The maximum absolute atomic E-state index is 5.99. The van der Waals surface area contributed by atoms with Crippen LogP contribution in [0.5, 0.6) is 0 Å². The minimum absolute atomic E-state index is 0. The van der Waals surface area contributed by atoms with Gasteiger partial charge in [-0.15, -0.1) is 24.0 Å². The Bertz CT molecular complexity index is 669. The average Bonchev–Trinajstić information content (AvgIpc) is 2.84. The fourth-order valence-corrected chi connectivity index (χ4v) is 2.60. The molecule has 0 amide bonds. The number of guanidine groups is 1. The molecule has 2 rings (SSSR count). The lowest BCUT2D eigenvalue weighted by Crippen LogP contribution is -2.37. The Labute approximate surface area is 165 Å². The van der Waals surface area contributed by atoms with Crippen LogP contribution in [0, 0.1) is 13.8 Å². The number of benzene rings is 1. The molecule has 0 saturated heterocycles. The van der Waals surface area contributed by atoms with E-state index in [0.717, 1.165) is 41.7 Å². The van der Waals surface area contributed by atoms with Crippen LogP contribution in [0.25, 0.3) is 0 Å². The summed E-state index contributed by atoms with van der Waals surface area (Å²) in [5, 5.41) is 11.8. The lowest BCUT2D eigenvalue weighted by molar-refractivity contribution is 0.555. The molecule has 0 unspecified atom stereocenters. The van der Waals surface area contributed by atoms with Crippen LogP contribution in [0.15, 0.2) is 35.3 Å². The molecule has 0 aliphatic heterocycles. The van der Waals surface area contributed by atoms with E-state index in [1.165, 1.54) is 5.69 Å². The highest BCUT2D eigenvalue weighted by molar-refractivity contribution is 14.0. The summed E-state index contributed by atoms with van der Waals surface area (Å²) < 4.78 is 2.04. The largest absolute Gasteiger partial charge is 0.356 e. The predicted molar refractivity (Wildman–Crippen MR) is 111 cm³/mol. The topological polar surface area (TPSA) is 54.2 Å². The summed E-state index contributed by atoms with van der Waals surface area (Å²) in [5.74, 6) is 0.790. The van der Waals surface area contributed by atoms with Gasteiger partial charge in [-0.2, -0.15) is 5.10 Å². The first kappa shape index (κ1) is 20.8. The quantitative estimate of drug-likeness (QED) is 0.299. The molecule has 1 heterocycles. The van der Waals surface area contributed by atoms with Crippen LogP contribution in [-0.2, 0) is 13.1 Å². The maximum Gasteiger partial charge on any atom is 0.191 e. The van der Waals surface area contributed by atoms with E-state index in [-0.39, 0.29) is 24.0 Å². The van der Waals surface area contributed by atoms with Crippen molar-refractivity contribution in [2.75, 3.05) is 13.6 Å². The summed E-state index contributed by atoms with van der Waals surface area (Å²) in [5.41, 5.74) is 3.39. The maximum atomic E-state index is 5.99. The summed E-state index contributed by atoms with van der Waals surface area (Å²) in [6.07, 6.45) is 0.986. The minimum Gasteiger partial charge on any atom is -0.356 e. The van der Waals surface area contributed by atoms with Crippen LogP contribution in [0.4, 0.5) is 0 Å². The Balaban J connectivity index is 0.00000288. The van der Waals surface area contributed by atoms with E-state index in [9.17, 15) is 0 Å². The van der Waals surface area contributed by atoms with Gasteiger partial charge < -0.3 is 10.6 Å². The Morgan fingerprint density at radius 3 is 2.67 bits per heavy atom. The second-order valence-corrected chi connectivity index (χ2v) is 5.92. The zero-order valence-electron chi connectivity index (χ0n) is 14.3. The van der Waals surface area contributed by atoms with E-state index in [2.05, 4.69) is 33.7 Å². The van der Waals surface area contributed by atoms with Crippen molar-refractivity contribution in [1.29, 1.82) is 0 Å². The van der Waals surface area contributed by atoms with E-state index in [0.29, 0.717) is 6.54 Å². The summed E-state index contributed by atoms with van der Waals surface area (Å²) >= 11 is 5.99. The second-order valence-electron chi connectivity index (χ2n) is 5.49. The molecule has 0 fully saturated rings. The Kier molecular flexibility index (Phi) is 9.13. The molecule has 0 spiro atoms. The highest BCUT2D eigenvalue weighted by Crippen LogP contribution is 2.10. The molecule has 1 aromatic carbocycles. The van der Waals surface area contributed by atoms with Crippen molar-refractivity contribution in [2.24, 2.45) is 4.99 Å². The van der Waals surface area contributed by atoms with Gasteiger partial charge in [0.1, 0.15) is 0 Å². The fraction of sp³-hybridized carbons (Fsp3) is 0.412. The molecule has 1 aromatic heterocycles. The van der Waals surface area contributed by atoms with Gasteiger partial charge in [0.15, 0.2) is 5.96 Å². The molecule has 5 nitrogen and oxygen atoms in total. The van der Waals surface area contributed by atoms with E-state index in [4.69, 9.17) is 11.6 Å². The van der Waals surface area contributed by atoms with Crippen molar-refractivity contribution in [3.8, 4) is 0 Å². The summed E-state index contributed by atoms with van der Waals surface area (Å²) in [6, 6.07) is 9.90. The number of aromatic nitrogens is 2. The molecule has 0 aliphatic carbocycles. The molecule has 2 N–H and O–H groups in total. The van der Waals surface area contributed by atoms with Crippen LogP contribution < -0.4 is 10.6 Å². The lowest BCUT2D eigenvalue weighted by atomic mass is 10.2. The van der Waals surface area contributed by atoms with Crippen molar-refractivity contribution in [3.63, 3.8) is 0 Å². The molecular weight excluding hydrogens is 437 g/mol. The third kappa shape index (κ3) is 6.68. The number of halogens is 2. The first-order valence-corrected chi connectivity index (χ1v) is 8.16. The molecule has 24 heavy (non-hydrogen) atoms. The molecule has 132 valence electrons. The Morgan fingerprint density at radius 2 is 2.04 bits per heavy atom. The van der Waals surface area contributed by atoms with Gasteiger partial charge in [0.25, 0.3) is 0 Å². The van der Waals surface area contributed by atoms with E-state index in [1.807, 2.05) is 35.9 Å². The fourth-order valence-electron chi connectivity index (χ4n) is 2.39. The first-order chi connectivity index (χ1) is 11.1. The molecule has 0 radical (unpaired) electrons. The number of rotatable bonds is 6. The van der Waals surface area contributed by atoms with E-state index in [1.54, 1.807) is 7.05 Å². The molecular formula is C17H25ClIN5. The van der Waals surface area contributed by atoms with Gasteiger partial charge in [0.2, 0.25) is 0 Å². The summed E-state index contributed by atoms with van der Waals surface area (Å²) in [6.45, 7) is 6.53. The molecule has 0 bridgehead atoms. The molecule has 7 heteroatoms. The zero-order chi connectivity index (χ0) is 16.7. The predicted octanol–water partition coefficient (Wildman–Crippen LogP) is 3.53. The van der Waals surface area contributed by atoms with Crippen molar-refractivity contribution >= 4 is 41.5 Å². The van der Waals surface area contributed by atoms with Crippen LogP contribution in [0.3, 0.4) is 0 Å². The molecule has 0 aliphatic rings. The standard InChI is InChI=1S/C17H24ClN5.HI/c1-13-10-14(2)23(22-13)9-5-8-20-17(19-3)21-12-15-6-4-7-16(18)11-15;/h4,6-7,10-11H,5,8-9,12H2,1-3H3,(H2,19,20,21);1H. The van der Waals surface area contributed by atoms with Gasteiger partial charge in [-0.05, 0) is 44.0 Å². The number of hydrogen-bond donors (Lipinski definition) is 2. The Hall–Kier alpha value is -1.28. The summed E-state index contributed by atoms with van der Waals surface area (Å²) in [7, 11) is 1.77. The third-order valence-corrected chi connectivity index (χ3v) is 3.75. The van der Waals surface area contributed by atoms with Crippen molar-refractivity contribution in [1.82, 2.24) is 20.4 Å². The van der Waals surface area contributed by atoms with Gasteiger partial charge in [-0.3, -0.25) is 9.67 Å². The normalized spacial score (nSPS) is 11.1. The van der Waals surface area contributed by atoms with E-state index >= 15 is 0 Å². The SMILES string of the molecule is CN=C(NCCCn1nc(C)cc1C)NCc1cccc(Cl)c1.I. The van der Waals surface area contributed by atoms with Crippen LogP contribution in [0.1, 0.15) is 23.4 Å². The number of hydrogen-bond acceptors (Lipinski definition) is 2. The number of aryl methyl sites for hydroxylation is 3. The molecule has 0 atom stereocenters. The number of nitrogens with zero attached hydrogens (tertiary/aromatic N) is 3. The third-order valence-electron chi connectivity index (χ3n) is 3.52. The van der Waals surface area contributed by atoms with Crippen molar-refractivity contribution < 1.29 is 0 Å². The lowest BCUT2D eigenvalue weighted by Gasteiger charge is -2.12. The Morgan fingerprint density at radius 1 is 1.25 bits per heavy atom. The molecule has 2 aromatic rings. The summed E-state index contributed by atoms with van der Waals surface area (Å²) in [4.78, 5) is 4.23. The highest BCUT2D eigenvalue weighted by Gasteiger charge is 2.02. The monoisotopic (exact) mass is 461 g/mol. The van der Waals surface area contributed by atoms with Gasteiger partial charge in [-0.25, -0.2) is 0 Å². The van der Waals surface area contributed by atoms with E-state index < -0.39 is 0 Å². The first-order valence-electron chi connectivity index (χ1n) is 7.78. The number of nitrogens with one attached hydrogen (secondary N) is 2. The van der Waals surface area contributed by atoms with Gasteiger partial charge >= 0.3 is 0 Å². The van der Waals surface area contributed by atoms with Crippen LogP contribution in [-0.4, -0.2) is 29.3 Å². The van der Waals surface area contributed by atoms with Crippen molar-refractivity contribution in [2.45, 2.75) is 33.4 Å². The smallest absolute Gasteiger partial charge is 0.191 e. The molecule has 0 saturated carbocycles. The van der Waals surface area contributed by atoms with Gasteiger partial charge in [0, 0.05) is 37.4 Å². The second kappa shape index (κ2) is 10.6. The van der Waals surface area contributed by atoms with Crippen LogP contribution in [0.2, 0.25) is 5.02 Å². The number of aliphatic imine (C=N–C) groups is 1. The van der Waals surface area contributed by atoms with Gasteiger partial charge in [0.05, 0.1) is 5.69 Å².